The van der Waals surface area contributed by atoms with Crippen LogP contribution < -0.4 is 5.32 Å². The molecule has 0 bridgehead atoms. The molecule has 0 aromatic rings. The summed E-state index contributed by atoms with van der Waals surface area (Å²) in [6.07, 6.45) is 1.07. The van der Waals surface area contributed by atoms with Crippen molar-refractivity contribution < 1.29 is 19.8 Å². The van der Waals surface area contributed by atoms with Crippen molar-refractivity contribution in [3.05, 3.63) is 0 Å². The van der Waals surface area contributed by atoms with Gasteiger partial charge in [-0.1, -0.05) is 13.3 Å². The van der Waals surface area contributed by atoms with Crippen molar-refractivity contribution >= 4 is 12.0 Å². The molecule has 0 saturated carbocycles. The van der Waals surface area contributed by atoms with E-state index in [1.807, 2.05) is 20.8 Å². The number of urea groups is 1. The van der Waals surface area contributed by atoms with Gasteiger partial charge in [-0.15, -0.1) is 0 Å². The van der Waals surface area contributed by atoms with Crippen molar-refractivity contribution in [1.82, 2.24) is 10.2 Å². The fourth-order valence-electron chi connectivity index (χ4n) is 1.48. The molecule has 0 heterocycles. The van der Waals surface area contributed by atoms with Gasteiger partial charge >= 0.3 is 12.0 Å². The molecule has 0 saturated heterocycles. The summed E-state index contributed by atoms with van der Waals surface area (Å²) in [5.74, 6) is -1.03. The molecule has 0 spiro atoms. The van der Waals surface area contributed by atoms with Crippen LogP contribution >= 0.6 is 0 Å². The Kier molecular flexibility index (Phi) is 7.29. The first-order valence-electron chi connectivity index (χ1n) is 5.84. The van der Waals surface area contributed by atoms with E-state index in [0.717, 1.165) is 0 Å². The van der Waals surface area contributed by atoms with Gasteiger partial charge in [0.05, 0.1) is 6.61 Å². The molecule has 0 aromatic carbocycles. The van der Waals surface area contributed by atoms with E-state index >= 15 is 0 Å². The lowest BCUT2D eigenvalue weighted by atomic mass is 10.2. The minimum atomic E-state index is -1.03. The quantitative estimate of drug-likeness (QED) is 0.615. The van der Waals surface area contributed by atoms with Crippen LogP contribution in [0.15, 0.2) is 0 Å². The molecule has 0 aliphatic heterocycles. The third-order valence-corrected chi connectivity index (χ3v) is 2.40. The zero-order chi connectivity index (χ0) is 13.4. The van der Waals surface area contributed by atoms with Crippen molar-refractivity contribution in [3.63, 3.8) is 0 Å². The van der Waals surface area contributed by atoms with E-state index in [9.17, 15) is 9.59 Å². The highest BCUT2D eigenvalue weighted by molar-refractivity contribution is 5.82. The Hall–Kier alpha value is -1.30. The van der Waals surface area contributed by atoms with Gasteiger partial charge in [0.1, 0.15) is 6.04 Å². The fraction of sp³-hybridized carbons (Fsp3) is 0.818. The summed E-state index contributed by atoms with van der Waals surface area (Å²) in [5, 5.41) is 20.2. The van der Waals surface area contributed by atoms with Crippen LogP contribution in [-0.4, -0.2) is 52.3 Å². The number of carbonyl (C=O) groups is 2. The van der Waals surface area contributed by atoms with E-state index in [2.05, 4.69) is 5.32 Å². The number of rotatable bonds is 7. The zero-order valence-electron chi connectivity index (χ0n) is 10.6. The molecule has 1 atom stereocenters. The third-order valence-electron chi connectivity index (χ3n) is 2.40. The Morgan fingerprint density at radius 3 is 2.29 bits per heavy atom. The van der Waals surface area contributed by atoms with E-state index in [0.29, 0.717) is 12.8 Å². The van der Waals surface area contributed by atoms with Crippen molar-refractivity contribution in [3.8, 4) is 0 Å². The summed E-state index contributed by atoms with van der Waals surface area (Å²) in [5.41, 5.74) is 0. The highest BCUT2D eigenvalue weighted by atomic mass is 16.4. The Bertz CT molecular complexity index is 256. The average molecular weight is 246 g/mol. The van der Waals surface area contributed by atoms with Gasteiger partial charge in [-0.3, -0.25) is 0 Å². The second kappa shape index (κ2) is 7.89. The lowest BCUT2D eigenvalue weighted by molar-refractivity contribution is -0.139. The van der Waals surface area contributed by atoms with Crippen molar-refractivity contribution in [2.45, 2.75) is 45.7 Å². The number of nitrogens with one attached hydrogen (secondary N) is 1. The maximum absolute atomic E-state index is 11.8. The van der Waals surface area contributed by atoms with Gasteiger partial charge in [-0.2, -0.15) is 0 Å². The standard InChI is InChI=1S/C11H22N2O4/c1-4-5-9(10(15)16)12-11(17)13(6-7-14)8(2)3/h8-9,14H,4-7H2,1-3H3,(H,12,17)(H,15,16). The number of hydrogen-bond acceptors (Lipinski definition) is 3. The predicted octanol–water partition coefficient (Wildman–Crippen LogP) is 0.652. The lowest BCUT2D eigenvalue weighted by Crippen LogP contribution is -2.50. The minimum Gasteiger partial charge on any atom is -0.480 e. The first kappa shape index (κ1) is 15.7. The average Bonchev–Trinajstić information content (AvgIpc) is 2.24. The number of carboxylic acid groups (broad SMARTS) is 1. The Balaban J connectivity index is 4.50. The number of hydrogen-bond donors (Lipinski definition) is 3. The van der Waals surface area contributed by atoms with E-state index < -0.39 is 18.0 Å². The highest BCUT2D eigenvalue weighted by Crippen LogP contribution is 2.02. The van der Waals surface area contributed by atoms with Crippen LogP contribution in [0, 0.1) is 0 Å². The van der Waals surface area contributed by atoms with Crippen LogP contribution in [0.5, 0.6) is 0 Å². The van der Waals surface area contributed by atoms with Gasteiger partial charge in [0.15, 0.2) is 0 Å². The number of nitrogens with zero attached hydrogens (tertiary/aromatic N) is 1. The van der Waals surface area contributed by atoms with E-state index in [1.54, 1.807) is 0 Å². The topological polar surface area (TPSA) is 89.9 Å². The Labute approximate surface area is 102 Å². The molecule has 100 valence electrons. The zero-order valence-corrected chi connectivity index (χ0v) is 10.6. The molecule has 0 radical (unpaired) electrons. The van der Waals surface area contributed by atoms with Crippen LogP contribution in [0.4, 0.5) is 4.79 Å². The molecule has 2 amide bonds. The molecule has 0 aliphatic carbocycles. The van der Waals surface area contributed by atoms with Crippen LogP contribution in [-0.2, 0) is 4.79 Å². The molecular weight excluding hydrogens is 224 g/mol. The molecule has 0 fully saturated rings. The maximum Gasteiger partial charge on any atom is 0.326 e. The largest absolute Gasteiger partial charge is 0.480 e. The molecule has 0 rings (SSSR count). The lowest BCUT2D eigenvalue weighted by Gasteiger charge is -2.27. The van der Waals surface area contributed by atoms with Gasteiger partial charge in [0.25, 0.3) is 0 Å². The van der Waals surface area contributed by atoms with Crippen molar-refractivity contribution in [1.29, 1.82) is 0 Å². The van der Waals surface area contributed by atoms with Crippen LogP contribution in [0.25, 0.3) is 0 Å². The number of carbonyl (C=O) groups excluding carboxylic acids is 1. The number of aliphatic carboxylic acids is 1. The summed E-state index contributed by atoms with van der Waals surface area (Å²) in [4.78, 5) is 24.1. The molecule has 0 aromatic heterocycles. The van der Waals surface area contributed by atoms with E-state index in [-0.39, 0.29) is 19.2 Å². The normalized spacial score (nSPS) is 12.3. The van der Waals surface area contributed by atoms with Crippen molar-refractivity contribution in [2.24, 2.45) is 0 Å². The molecule has 3 N–H and O–H groups in total. The summed E-state index contributed by atoms with van der Waals surface area (Å²) in [6.45, 7) is 5.53. The Morgan fingerprint density at radius 2 is 1.94 bits per heavy atom. The van der Waals surface area contributed by atoms with E-state index in [1.165, 1.54) is 4.90 Å². The first-order chi connectivity index (χ1) is 7.93. The van der Waals surface area contributed by atoms with Gasteiger partial charge in [-0.25, -0.2) is 9.59 Å². The molecule has 6 heteroatoms. The predicted molar refractivity (Wildman–Crippen MR) is 63.8 cm³/mol. The van der Waals surface area contributed by atoms with Gasteiger partial charge in [0.2, 0.25) is 0 Å². The smallest absolute Gasteiger partial charge is 0.326 e. The van der Waals surface area contributed by atoms with Crippen LogP contribution in [0.3, 0.4) is 0 Å². The van der Waals surface area contributed by atoms with Crippen LogP contribution in [0.2, 0.25) is 0 Å². The molecule has 17 heavy (non-hydrogen) atoms. The number of aliphatic hydroxyl groups excluding tert-OH is 1. The van der Waals surface area contributed by atoms with Gasteiger partial charge < -0.3 is 20.4 Å². The number of amides is 2. The van der Waals surface area contributed by atoms with Gasteiger partial charge in [-0.05, 0) is 20.3 Å². The molecule has 6 nitrogen and oxygen atoms in total. The monoisotopic (exact) mass is 246 g/mol. The second-order valence-electron chi connectivity index (χ2n) is 4.14. The summed E-state index contributed by atoms with van der Waals surface area (Å²) < 4.78 is 0. The van der Waals surface area contributed by atoms with Crippen molar-refractivity contribution in [2.75, 3.05) is 13.2 Å². The Morgan fingerprint density at radius 1 is 1.35 bits per heavy atom. The maximum atomic E-state index is 11.8. The first-order valence-corrected chi connectivity index (χ1v) is 5.84. The second-order valence-corrected chi connectivity index (χ2v) is 4.14. The molecule has 0 aliphatic rings. The number of carboxylic acids is 1. The molecular formula is C11H22N2O4. The highest BCUT2D eigenvalue weighted by Gasteiger charge is 2.23. The minimum absolute atomic E-state index is 0.0850. The summed E-state index contributed by atoms with van der Waals surface area (Å²) in [7, 11) is 0. The molecule has 1 unspecified atom stereocenters. The van der Waals surface area contributed by atoms with Crippen LogP contribution in [0.1, 0.15) is 33.6 Å². The SMILES string of the molecule is CCCC(NC(=O)N(CCO)C(C)C)C(=O)O. The van der Waals surface area contributed by atoms with E-state index in [4.69, 9.17) is 10.2 Å². The van der Waals surface area contributed by atoms with Gasteiger partial charge in [0, 0.05) is 12.6 Å². The summed E-state index contributed by atoms with van der Waals surface area (Å²) >= 11 is 0. The number of aliphatic hydroxyl groups is 1. The third kappa shape index (κ3) is 5.53. The fourth-order valence-corrected chi connectivity index (χ4v) is 1.48. The summed E-state index contributed by atoms with van der Waals surface area (Å²) in [6, 6.07) is -1.40.